The topological polar surface area (TPSA) is 22.0 Å². The van der Waals surface area contributed by atoms with E-state index in [1.807, 2.05) is 17.6 Å². The standard InChI is InChI=1S/C12H12FNO/c1-8-5-10-6-11(13)3-4-12(10)14(8)7-9(2)15/h3-6H,7H2,1-2H3. The van der Waals surface area contributed by atoms with Gasteiger partial charge in [0.05, 0.1) is 6.54 Å². The first-order chi connectivity index (χ1) is 7.08. The number of benzene rings is 1. The van der Waals surface area contributed by atoms with Gasteiger partial charge >= 0.3 is 0 Å². The minimum Gasteiger partial charge on any atom is -0.337 e. The lowest BCUT2D eigenvalue weighted by molar-refractivity contribution is -0.117. The Labute approximate surface area is 87.3 Å². The summed E-state index contributed by atoms with van der Waals surface area (Å²) in [5, 5.41) is 0.841. The number of halogens is 1. The fourth-order valence-corrected chi connectivity index (χ4v) is 1.81. The van der Waals surface area contributed by atoms with E-state index in [-0.39, 0.29) is 11.6 Å². The molecule has 2 aromatic rings. The van der Waals surface area contributed by atoms with Crippen molar-refractivity contribution in [2.24, 2.45) is 0 Å². The number of carbonyl (C=O) groups excluding carboxylic acids is 1. The average molecular weight is 205 g/mol. The molecule has 0 saturated carbocycles. The number of aromatic nitrogens is 1. The second kappa shape index (κ2) is 3.50. The summed E-state index contributed by atoms with van der Waals surface area (Å²) in [6.45, 7) is 3.82. The second-order valence-electron chi connectivity index (χ2n) is 3.78. The Morgan fingerprint density at radius 1 is 1.40 bits per heavy atom. The van der Waals surface area contributed by atoms with Crippen LogP contribution >= 0.6 is 0 Å². The van der Waals surface area contributed by atoms with Gasteiger partial charge in [-0.3, -0.25) is 4.79 Å². The van der Waals surface area contributed by atoms with Crippen LogP contribution in [0.1, 0.15) is 12.6 Å². The van der Waals surface area contributed by atoms with E-state index in [0.717, 1.165) is 16.6 Å². The van der Waals surface area contributed by atoms with Crippen molar-refractivity contribution in [1.82, 2.24) is 4.57 Å². The molecule has 0 amide bonds. The minimum atomic E-state index is -0.248. The van der Waals surface area contributed by atoms with E-state index in [9.17, 15) is 9.18 Å². The average Bonchev–Trinajstić information content (AvgIpc) is 2.41. The molecule has 2 nitrogen and oxygen atoms in total. The molecule has 0 spiro atoms. The molecule has 0 unspecified atom stereocenters. The van der Waals surface area contributed by atoms with E-state index >= 15 is 0 Å². The SMILES string of the molecule is CC(=O)Cn1c(C)cc2cc(F)ccc21. The minimum absolute atomic E-state index is 0.0972. The van der Waals surface area contributed by atoms with Crippen LogP contribution in [0, 0.1) is 12.7 Å². The van der Waals surface area contributed by atoms with Gasteiger partial charge in [0.15, 0.2) is 0 Å². The summed E-state index contributed by atoms with van der Waals surface area (Å²) >= 11 is 0. The first kappa shape index (κ1) is 9.90. The van der Waals surface area contributed by atoms with E-state index in [2.05, 4.69) is 0 Å². The van der Waals surface area contributed by atoms with Gasteiger partial charge in [-0.25, -0.2) is 4.39 Å². The molecule has 0 radical (unpaired) electrons. The Balaban J connectivity index is 2.63. The third-order valence-electron chi connectivity index (χ3n) is 2.45. The maximum Gasteiger partial charge on any atom is 0.149 e. The maximum atomic E-state index is 13.0. The Morgan fingerprint density at radius 3 is 2.80 bits per heavy atom. The van der Waals surface area contributed by atoms with E-state index in [1.54, 1.807) is 13.0 Å². The molecule has 2 rings (SSSR count). The molecule has 78 valence electrons. The summed E-state index contributed by atoms with van der Waals surface area (Å²) in [6, 6.07) is 6.50. The predicted octanol–water partition coefficient (Wildman–Crippen LogP) is 2.68. The quantitative estimate of drug-likeness (QED) is 0.738. The van der Waals surface area contributed by atoms with E-state index < -0.39 is 0 Å². The van der Waals surface area contributed by atoms with E-state index in [1.165, 1.54) is 12.1 Å². The number of rotatable bonds is 2. The monoisotopic (exact) mass is 205 g/mol. The highest BCUT2D eigenvalue weighted by atomic mass is 19.1. The van der Waals surface area contributed by atoms with Gasteiger partial charge in [-0.1, -0.05) is 0 Å². The van der Waals surface area contributed by atoms with Crippen LogP contribution in [0.3, 0.4) is 0 Å². The van der Waals surface area contributed by atoms with Crippen molar-refractivity contribution in [1.29, 1.82) is 0 Å². The van der Waals surface area contributed by atoms with Gasteiger partial charge in [-0.2, -0.15) is 0 Å². The van der Waals surface area contributed by atoms with Crippen molar-refractivity contribution in [2.75, 3.05) is 0 Å². The molecular formula is C12H12FNO. The highest BCUT2D eigenvalue weighted by Crippen LogP contribution is 2.20. The largest absolute Gasteiger partial charge is 0.337 e. The zero-order chi connectivity index (χ0) is 11.0. The first-order valence-electron chi connectivity index (χ1n) is 4.83. The highest BCUT2D eigenvalue weighted by molar-refractivity contribution is 5.84. The smallest absolute Gasteiger partial charge is 0.149 e. The summed E-state index contributed by atoms with van der Waals surface area (Å²) in [4.78, 5) is 11.1. The molecule has 0 bridgehead atoms. The molecule has 1 heterocycles. The van der Waals surface area contributed by atoms with Crippen LogP contribution in [-0.4, -0.2) is 10.4 Å². The summed E-state index contributed by atoms with van der Waals surface area (Å²) in [6.07, 6.45) is 0. The molecule has 0 N–H and O–H groups in total. The van der Waals surface area contributed by atoms with E-state index in [0.29, 0.717) is 6.54 Å². The fourth-order valence-electron chi connectivity index (χ4n) is 1.81. The number of hydrogen-bond donors (Lipinski definition) is 0. The second-order valence-corrected chi connectivity index (χ2v) is 3.78. The molecule has 0 aliphatic carbocycles. The van der Waals surface area contributed by atoms with Crippen molar-refractivity contribution >= 4 is 16.7 Å². The normalized spacial score (nSPS) is 10.9. The van der Waals surface area contributed by atoms with Crippen LogP contribution in [0.4, 0.5) is 4.39 Å². The molecule has 0 aliphatic rings. The number of carbonyl (C=O) groups is 1. The van der Waals surface area contributed by atoms with Gasteiger partial charge in [-0.15, -0.1) is 0 Å². The van der Waals surface area contributed by atoms with Crippen LogP contribution in [0.2, 0.25) is 0 Å². The summed E-state index contributed by atoms with van der Waals surface area (Å²) < 4.78 is 14.9. The molecule has 15 heavy (non-hydrogen) atoms. The fraction of sp³-hybridized carbons (Fsp3) is 0.250. The molecular weight excluding hydrogens is 193 g/mol. The number of nitrogens with zero attached hydrogens (tertiary/aromatic N) is 1. The zero-order valence-corrected chi connectivity index (χ0v) is 8.75. The first-order valence-corrected chi connectivity index (χ1v) is 4.83. The van der Waals surface area contributed by atoms with Crippen molar-refractivity contribution in [2.45, 2.75) is 20.4 Å². The highest BCUT2D eigenvalue weighted by Gasteiger charge is 2.07. The molecule has 3 heteroatoms. The molecule has 0 saturated heterocycles. The molecule has 1 aromatic heterocycles. The van der Waals surface area contributed by atoms with Crippen molar-refractivity contribution in [3.8, 4) is 0 Å². The van der Waals surface area contributed by atoms with Gasteiger partial charge in [0.2, 0.25) is 0 Å². The van der Waals surface area contributed by atoms with Crippen LogP contribution in [-0.2, 0) is 11.3 Å². The Kier molecular flexibility index (Phi) is 2.31. The maximum absolute atomic E-state index is 13.0. The Hall–Kier alpha value is -1.64. The van der Waals surface area contributed by atoms with Gasteiger partial charge in [0.1, 0.15) is 11.6 Å². The molecule has 0 atom stereocenters. The molecule has 0 fully saturated rings. The van der Waals surface area contributed by atoms with Gasteiger partial charge < -0.3 is 4.57 Å². The lowest BCUT2D eigenvalue weighted by Crippen LogP contribution is -2.07. The van der Waals surface area contributed by atoms with Crippen molar-refractivity contribution in [3.05, 3.63) is 35.8 Å². The van der Waals surface area contributed by atoms with Gasteiger partial charge in [0, 0.05) is 16.6 Å². The molecule has 0 aliphatic heterocycles. The zero-order valence-electron chi connectivity index (χ0n) is 8.75. The third-order valence-corrected chi connectivity index (χ3v) is 2.45. The lowest BCUT2D eigenvalue weighted by Gasteiger charge is -2.04. The van der Waals surface area contributed by atoms with Crippen molar-refractivity contribution in [3.63, 3.8) is 0 Å². The van der Waals surface area contributed by atoms with Crippen LogP contribution in [0.5, 0.6) is 0 Å². The van der Waals surface area contributed by atoms with Gasteiger partial charge in [0.25, 0.3) is 0 Å². The number of Topliss-reactive ketones (excluding diaryl/α,β-unsaturated/α-hetero) is 1. The number of fused-ring (bicyclic) bond motifs is 1. The Morgan fingerprint density at radius 2 is 2.13 bits per heavy atom. The Bertz CT molecular complexity index is 528. The number of aryl methyl sites for hydroxylation is 1. The summed E-state index contributed by atoms with van der Waals surface area (Å²) in [7, 11) is 0. The van der Waals surface area contributed by atoms with Gasteiger partial charge in [-0.05, 0) is 38.1 Å². The van der Waals surface area contributed by atoms with Crippen molar-refractivity contribution < 1.29 is 9.18 Å². The lowest BCUT2D eigenvalue weighted by atomic mass is 10.2. The number of ketones is 1. The summed E-state index contributed by atoms with van der Waals surface area (Å²) in [5.41, 5.74) is 1.88. The van der Waals surface area contributed by atoms with Crippen LogP contribution in [0.15, 0.2) is 24.3 Å². The predicted molar refractivity (Wildman–Crippen MR) is 57.3 cm³/mol. The third kappa shape index (κ3) is 1.77. The van der Waals surface area contributed by atoms with E-state index in [4.69, 9.17) is 0 Å². The number of hydrogen-bond acceptors (Lipinski definition) is 1. The van der Waals surface area contributed by atoms with Crippen LogP contribution < -0.4 is 0 Å². The molecule has 1 aromatic carbocycles. The summed E-state index contributed by atoms with van der Waals surface area (Å²) in [5.74, 6) is -0.151. The van der Waals surface area contributed by atoms with Crippen LogP contribution in [0.25, 0.3) is 10.9 Å².